The summed E-state index contributed by atoms with van der Waals surface area (Å²) >= 11 is 4.29. The summed E-state index contributed by atoms with van der Waals surface area (Å²) in [5.41, 5.74) is 1.82. The molecule has 0 saturated heterocycles. The summed E-state index contributed by atoms with van der Waals surface area (Å²) in [5, 5.41) is 10.9. The fourth-order valence-electron chi connectivity index (χ4n) is 1.71. The van der Waals surface area contributed by atoms with Crippen LogP contribution in [0.25, 0.3) is 0 Å². The molecule has 3 nitrogen and oxygen atoms in total. The molecule has 0 aliphatic carbocycles. The van der Waals surface area contributed by atoms with E-state index in [2.05, 4.69) is 12.6 Å². The van der Waals surface area contributed by atoms with Crippen molar-refractivity contribution in [2.45, 2.75) is 11.3 Å². The highest BCUT2D eigenvalue weighted by Crippen LogP contribution is 2.27. The molecular weight excluding hydrogens is 234 g/mol. The predicted molar refractivity (Wildman–Crippen MR) is 69.6 cm³/mol. The number of thiol groups is 1. The first-order chi connectivity index (χ1) is 8.18. The highest BCUT2D eigenvalue weighted by molar-refractivity contribution is 7.80. The van der Waals surface area contributed by atoms with Crippen LogP contribution < -0.4 is 0 Å². The summed E-state index contributed by atoms with van der Waals surface area (Å²) in [4.78, 5) is 11.2. The van der Waals surface area contributed by atoms with Gasteiger partial charge in [-0.25, -0.2) is 0 Å². The molecule has 4 heteroatoms. The van der Waals surface area contributed by atoms with E-state index in [-0.39, 0.29) is 10.6 Å². The second kappa shape index (κ2) is 5.01. The largest absolute Gasteiger partial charge is 0.274 e. The third kappa shape index (κ3) is 2.65. The number of nitrogens with zero attached hydrogens (tertiary/aromatic N) is 1. The van der Waals surface area contributed by atoms with Gasteiger partial charge in [-0.1, -0.05) is 36.4 Å². The molecule has 2 aromatic rings. The van der Waals surface area contributed by atoms with Crippen molar-refractivity contribution in [3.8, 4) is 0 Å². The predicted octanol–water partition coefficient (Wildman–Crippen LogP) is 3.47. The molecule has 2 rings (SSSR count). The molecule has 0 radical (unpaired) electrons. The summed E-state index contributed by atoms with van der Waals surface area (Å²) in [6.45, 7) is 0. The van der Waals surface area contributed by atoms with Gasteiger partial charge in [-0.05, 0) is 11.6 Å². The Labute approximate surface area is 105 Å². The standard InChI is InChI=1S/C13H11NO2S/c15-14(16)12-7-4-8-13(17)11(12)9-10-5-2-1-3-6-10/h1-8,17H,9H2. The summed E-state index contributed by atoms with van der Waals surface area (Å²) in [6.07, 6.45) is 0.525. The van der Waals surface area contributed by atoms with E-state index >= 15 is 0 Å². The smallest absolute Gasteiger partial charge is 0.258 e. The van der Waals surface area contributed by atoms with Gasteiger partial charge >= 0.3 is 0 Å². The molecule has 0 fully saturated rings. The molecule has 0 heterocycles. The van der Waals surface area contributed by atoms with E-state index in [1.165, 1.54) is 6.07 Å². The summed E-state index contributed by atoms with van der Waals surface area (Å²) in [6, 6.07) is 14.6. The number of rotatable bonds is 3. The lowest BCUT2D eigenvalue weighted by molar-refractivity contribution is -0.385. The summed E-state index contributed by atoms with van der Waals surface area (Å²) < 4.78 is 0. The number of benzene rings is 2. The van der Waals surface area contributed by atoms with E-state index < -0.39 is 0 Å². The lowest BCUT2D eigenvalue weighted by Gasteiger charge is -2.06. The van der Waals surface area contributed by atoms with E-state index in [1.807, 2.05) is 30.3 Å². The molecule has 0 aliphatic rings. The first-order valence-electron chi connectivity index (χ1n) is 5.17. The third-order valence-electron chi connectivity index (χ3n) is 2.55. The van der Waals surface area contributed by atoms with Crippen LogP contribution in [0.2, 0.25) is 0 Å². The van der Waals surface area contributed by atoms with Crippen LogP contribution in [0.1, 0.15) is 11.1 Å². The van der Waals surface area contributed by atoms with Crippen molar-refractivity contribution in [3.63, 3.8) is 0 Å². The van der Waals surface area contributed by atoms with Gasteiger partial charge in [0.1, 0.15) is 0 Å². The second-order valence-corrected chi connectivity index (χ2v) is 4.18. The van der Waals surface area contributed by atoms with Crippen LogP contribution in [0.4, 0.5) is 5.69 Å². The van der Waals surface area contributed by atoms with Crippen molar-refractivity contribution in [1.29, 1.82) is 0 Å². The van der Waals surface area contributed by atoms with Crippen LogP contribution in [-0.4, -0.2) is 4.92 Å². The molecule has 0 amide bonds. The first-order valence-corrected chi connectivity index (χ1v) is 5.62. The lowest BCUT2D eigenvalue weighted by atomic mass is 10.0. The van der Waals surface area contributed by atoms with Crippen molar-refractivity contribution < 1.29 is 4.92 Å². The van der Waals surface area contributed by atoms with Gasteiger partial charge in [-0.3, -0.25) is 10.1 Å². The van der Waals surface area contributed by atoms with E-state index in [0.29, 0.717) is 16.9 Å². The Kier molecular flexibility index (Phi) is 3.44. The third-order valence-corrected chi connectivity index (χ3v) is 2.97. The Morgan fingerprint density at radius 2 is 1.76 bits per heavy atom. The molecule has 0 bridgehead atoms. The molecule has 86 valence electrons. The van der Waals surface area contributed by atoms with Crippen LogP contribution in [-0.2, 0) is 6.42 Å². The molecule has 2 aromatic carbocycles. The molecule has 0 saturated carbocycles. The molecule has 0 spiro atoms. The molecule has 0 aliphatic heterocycles. The monoisotopic (exact) mass is 245 g/mol. The molecular formula is C13H11NO2S. The van der Waals surface area contributed by atoms with Gasteiger partial charge in [0, 0.05) is 22.9 Å². The minimum absolute atomic E-state index is 0.126. The van der Waals surface area contributed by atoms with E-state index in [1.54, 1.807) is 12.1 Å². The summed E-state index contributed by atoms with van der Waals surface area (Å²) in [5.74, 6) is 0. The van der Waals surface area contributed by atoms with Crippen molar-refractivity contribution >= 4 is 18.3 Å². The van der Waals surface area contributed by atoms with Crippen molar-refractivity contribution in [2.24, 2.45) is 0 Å². The number of nitro benzene ring substituents is 1. The van der Waals surface area contributed by atoms with Crippen LogP contribution in [0, 0.1) is 10.1 Å². The van der Waals surface area contributed by atoms with E-state index in [9.17, 15) is 10.1 Å². The maximum absolute atomic E-state index is 10.9. The van der Waals surface area contributed by atoms with Gasteiger partial charge in [0.05, 0.1) is 4.92 Å². The highest BCUT2D eigenvalue weighted by atomic mass is 32.1. The zero-order chi connectivity index (χ0) is 12.3. The molecule has 0 aromatic heterocycles. The lowest BCUT2D eigenvalue weighted by Crippen LogP contribution is -1.97. The minimum atomic E-state index is -0.363. The molecule has 0 unspecified atom stereocenters. The Balaban J connectivity index is 2.41. The van der Waals surface area contributed by atoms with Gasteiger partial charge in [0.15, 0.2) is 0 Å². The highest BCUT2D eigenvalue weighted by Gasteiger charge is 2.15. The van der Waals surface area contributed by atoms with Gasteiger partial charge in [-0.15, -0.1) is 12.6 Å². The molecule has 0 N–H and O–H groups in total. The Morgan fingerprint density at radius 1 is 1.06 bits per heavy atom. The Hall–Kier alpha value is -1.81. The number of hydrogen-bond donors (Lipinski definition) is 1. The van der Waals surface area contributed by atoms with Crippen LogP contribution in [0.5, 0.6) is 0 Å². The van der Waals surface area contributed by atoms with Gasteiger partial charge in [0.25, 0.3) is 5.69 Å². The summed E-state index contributed by atoms with van der Waals surface area (Å²) in [7, 11) is 0. The fraction of sp³-hybridized carbons (Fsp3) is 0.0769. The van der Waals surface area contributed by atoms with Gasteiger partial charge in [-0.2, -0.15) is 0 Å². The average Bonchev–Trinajstić information content (AvgIpc) is 2.33. The topological polar surface area (TPSA) is 43.1 Å². The van der Waals surface area contributed by atoms with Crippen molar-refractivity contribution in [1.82, 2.24) is 0 Å². The minimum Gasteiger partial charge on any atom is -0.258 e. The number of hydrogen-bond acceptors (Lipinski definition) is 3. The quantitative estimate of drug-likeness (QED) is 0.511. The zero-order valence-electron chi connectivity index (χ0n) is 9.04. The van der Waals surface area contributed by atoms with Crippen LogP contribution in [0.3, 0.4) is 0 Å². The van der Waals surface area contributed by atoms with Crippen molar-refractivity contribution in [2.75, 3.05) is 0 Å². The number of nitro groups is 1. The molecule has 17 heavy (non-hydrogen) atoms. The second-order valence-electron chi connectivity index (χ2n) is 3.69. The SMILES string of the molecule is O=[N+]([O-])c1cccc(S)c1Cc1ccccc1. The van der Waals surface area contributed by atoms with Crippen LogP contribution >= 0.6 is 12.6 Å². The van der Waals surface area contributed by atoms with Gasteiger partial charge in [0.2, 0.25) is 0 Å². The van der Waals surface area contributed by atoms with Crippen molar-refractivity contribution in [3.05, 3.63) is 69.8 Å². The first kappa shape index (κ1) is 11.7. The zero-order valence-corrected chi connectivity index (χ0v) is 9.93. The molecule has 0 atom stereocenters. The van der Waals surface area contributed by atoms with Crippen LogP contribution in [0.15, 0.2) is 53.4 Å². The maximum Gasteiger partial charge on any atom is 0.274 e. The van der Waals surface area contributed by atoms with E-state index in [0.717, 1.165) is 5.56 Å². The normalized spacial score (nSPS) is 10.2. The fourth-order valence-corrected chi connectivity index (χ4v) is 1.99. The Morgan fingerprint density at radius 3 is 2.41 bits per heavy atom. The van der Waals surface area contributed by atoms with Gasteiger partial charge < -0.3 is 0 Å². The Bertz CT molecular complexity index is 540. The average molecular weight is 245 g/mol. The maximum atomic E-state index is 10.9. The van der Waals surface area contributed by atoms with E-state index in [4.69, 9.17) is 0 Å².